The minimum atomic E-state index is -1.05. The van der Waals surface area contributed by atoms with Crippen LogP contribution in [-0.4, -0.2) is 42.3 Å². The average Bonchev–Trinajstić information content (AvgIpc) is 2.65. The first-order chi connectivity index (χ1) is 13.6. The molecule has 6 heteroatoms. The smallest absolute Gasteiger partial charge is 0.340 e. The zero-order chi connectivity index (χ0) is 21.7. The summed E-state index contributed by atoms with van der Waals surface area (Å²) in [6, 6.07) is 10.0. The van der Waals surface area contributed by atoms with Gasteiger partial charge in [-0.25, -0.2) is 4.79 Å². The molecule has 29 heavy (non-hydrogen) atoms. The fourth-order valence-corrected chi connectivity index (χ4v) is 3.45. The highest BCUT2D eigenvalue weighted by molar-refractivity contribution is 5.89. The summed E-state index contributed by atoms with van der Waals surface area (Å²) >= 11 is 0. The molecule has 0 amide bonds. The third kappa shape index (κ3) is 6.56. The number of benzene rings is 1. The van der Waals surface area contributed by atoms with Gasteiger partial charge in [-0.15, -0.1) is 0 Å². The van der Waals surface area contributed by atoms with Gasteiger partial charge < -0.3 is 24.1 Å². The monoisotopic (exact) mass is 406 g/mol. The van der Waals surface area contributed by atoms with Crippen molar-refractivity contribution in [3.8, 4) is 0 Å². The van der Waals surface area contributed by atoms with Gasteiger partial charge in [-0.05, 0) is 31.7 Å². The second-order valence-corrected chi connectivity index (χ2v) is 8.49. The fraction of sp³-hybridized carbons (Fsp3) is 0.609. The first-order valence-electron chi connectivity index (χ1n) is 10.0. The third-order valence-electron chi connectivity index (χ3n) is 5.25. The molecule has 0 bridgehead atoms. The van der Waals surface area contributed by atoms with E-state index in [1.54, 1.807) is 27.9 Å². The summed E-state index contributed by atoms with van der Waals surface area (Å²) in [5.74, 6) is -0.865. The quantitative estimate of drug-likeness (QED) is 0.593. The van der Waals surface area contributed by atoms with Crippen LogP contribution in [0, 0.1) is 5.92 Å². The molecule has 0 saturated heterocycles. The largest absolute Gasteiger partial charge is 0.457 e. The zero-order valence-electron chi connectivity index (χ0n) is 18.4. The predicted molar refractivity (Wildman–Crippen MR) is 110 cm³/mol. The lowest BCUT2D eigenvalue weighted by Gasteiger charge is -2.38. The van der Waals surface area contributed by atoms with Crippen LogP contribution >= 0.6 is 0 Å². The molecular weight excluding hydrogens is 372 g/mol. The highest BCUT2D eigenvalue weighted by atomic mass is 16.7. The maximum absolute atomic E-state index is 12.0. The van der Waals surface area contributed by atoms with Crippen LogP contribution < -0.4 is 0 Å². The van der Waals surface area contributed by atoms with E-state index >= 15 is 0 Å². The summed E-state index contributed by atoms with van der Waals surface area (Å²) in [6.07, 6.45) is -0.0814. The van der Waals surface area contributed by atoms with E-state index in [4.69, 9.17) is 18.9 Å². The predicted octanol–water partition coefficient (Wildman–Crippen LogP) is 3.97. The van der Waals surface area contributed by atoms with Crippen molar-refractivity contribution in [3.63, 3.8) is 0 Å². The van der Waals surface area contributed by atoms with Crippen LogP contribution in [0.5, 0.6) is 0 Å². The number of methoxy groups -OCH3 is 1. The van der Waals surface area contributed by atoms with Gasteiger partial charge in [-0.1, -0.05) is 37.3 Å². The van der Waals surface area contributed by atoms with Gasteiger partial charge in [0.2, 0.25) is 5.79 Å². The highest BCUT2D eigenvalue weighted by Crippen LogP contribution is 2.33. The zero-order valence-corrected chi connectivity index (χ0v) is 18.4. The normalized spacial score (nSPS) is 20.4. The molecule has 1 aromatic carbocycles. The first kappa shape index (κ1) is 23.4. The summed E-state index contributed by atoms with van der Waals surface area (Å²) in [4.78, 5) is 12.0. The molecular formula is C23H34O6. The van der Waals surface area contributed by atoms with Crippen LogP contribution in [0.2, 0.25) is 0 Å². The number of carbonyl (C=O) groups is 1. The number of rotatable bonds is 10. The van der Waals surface area contributed by atoms with Gasteiger partial charge in [-0.3, -0.25) is 0 Å². The van der Waals surface area contributed by atoms with Gasteiger partial charge in [0.05, 0.1) is 23.9 Å². The lowest BCUT2D eigenvalue weighted by Crippen LogP contribution is -2.45. The Labute approximate surface area is 173 Å². The molecule has 1 aromatic rings. The van der Waals surface area contributed by atoms with E-state index in [0.717, 1.165) is 5.56 Å². The van der Waals surface area contributed by atoms with E-state index in [1.807, 2.05) is 37.3 Å². The van der Waals surface area contributed by atoms with Crippen LogP contribution in [0.25, 0.3) is 0 Å². The van der Waals surface area contributed by atoms with Crippen molar-refractivity contribution >= 4 is 5.97 Å². The number of aliphatic hydroxyl groups is 1. The summed E-state index contributed by atoms with van der Waals surface area (Å²) in [5.41, 5.74) is 0.694. The lowest BCUT2D eigenvalue weighted by molar-refractivity contribution is -0.211. The van der Waals surface area contributed by atoms with Crippen LogP contribution in [0.15, 0.2) is 41.7 Å². The summed E-state index contributed by atoms with van der Waals surface area (Å²) in [6.45, 7) is 10.0. The molecule has 1 N–H and O–H groups in total. The molecule has 1 aliphatic rings. The molecule has 6 nitrogen and oxygen atoms in total. The second-order valence-electron chi connectivity index (χ2n) is 8.49. The van der Waals surface area contributed by atoms with Crippen molar-refractivity contribution < 1.29 is 28.8 Å². The topological polar surface area (TPSA) is 74.2 Å². The van der Waals surface area contributed by atoms with Crippen molar-refractivity contribution in [1.82, 2.24) is 0 Å². The fourth-order valence-electron chi connectivity index (χ4n) is 3.45. The van der Waals surface area contributed by atoms with E-state index < -0.39 is 23.5 Å². The molecule has 1 heterocycles. The highest BCUT2D eigenvalue weighted by Gasteiger charge is 2.39. The first-order valence-corrected chi connectivity index (χ1v) is 10.0. The van der Waals surface area contributed by atoms with Crippen molar-refractivity contribution in [2.24, 2.45) is 5.92 Å². The number of carbonyl (C=O) groups excluding carboxylic acids is 1. The number of ether oxygens (including phenoxy) is 4. The lowest BCUT2D eigenvalue weighted by atomic mass is 9.86. The summed E-state index contributed by atoms with van der Waals surface area (Å²) in [7, 11) is 1.59. The Morgan fingerprint density at radius 2 is 1.86 bits per heavy atom. The Morgan fingerprint density at radius 3 is 2.48 bits per heavy atom. The molecule has 162 valence electrons. The number of cyclic esters (lactones) is 1. The molecule has 3 unspecified atom stereocenters. The van der Waals surface area contributed by atoms with E-state index in [-0.39, 0.29) is 12.3 Å². The van der Waals surface area contributed by atoms with Crippen LogP contribution in [0.3, 0.4) is 0 Å². The van der Waals surface area contributed by atoms with E-state index in [0.29, 0.717) is 31.0 Å². The molecule has 0 radical (unpaired) electrons. The van der Waals surface area contributed by atoms with Crippen molar-refractivity contribution in [1.29, 1.82) is 0 Å². The molecule has 0 aliphatic carbocycles. The van der Waals surface area contributed by atoms with Gasteiger partial charge in [-0.2, -0.15) is 0 Å². The minimum absolute atomic E-state index is 0.169. The van der Waals surface area contributed by atoms with Crippen molar-refractivity contribution in [3.05, 3.63) is 47.2 Å². The number of hydrogen-bond acceptors (Lipinski definition) is 6. The van der Waals surface area contributed by atoms with Crippen molar-refractivity contribution in [2.75, 3.05) is 13.7 Å². The summed E-state index contributed by atoms with van der Waals surface area (Å²) < 4.78 is 22.5. The van der Waals surface area contributed by atoms with Gasteiger partial charge in [0, 0.05) is 34.0 Å². The van der Waals surface area contributed by atoms with Gasteiger partial charge >= 0.3 is 5.97 Å². The number of aliphatic hydroxyl groups excluding tert-OH is 1. The molecule has 0 aromatic heterocycles. The minimum Gasteiger partial charge on any atom is -0.457 e. The molecule has 0 saturated carbocycles. The molecule has 0 fully saturated rings. The number of esters is 1. The SMILES string of the molecule is COC(C)(CC(C)COCc1ccccc1)C(O)CC1=C(C)C(=O)OC(C)(C)O1. The third-order valence-corrected chi connectivity index (χ3v) is 5.25. The standard InChI is InChI=1S/C23H34O6/c1-16(14-27-15-18-10-8-7-9-11-18)13-23(5,26-6)20(24)12-19-17(2)21(25)29-22(3,4)28-19/h7-11,16,20,24H,12-15H2,1-6H3. The molecule has 1 aliphatic heterocycles. The number of hydrogen-bond donors (Lipinski definition) is 1. The summed E-state index contributed by atoms with van der Waals surface area (Å²) in [5, 5.41) is 10.9. The van der Waals surface area contributed by atoms with Crippen LogP contribution in [0.4, 0.5) is 0 Å². The Morgan fingerprint density at radius 1 is 1.21 bits per heavy atom. The second kappa shape index (κ2) is 9.74. The van der Waals surface area contributed by atoms with E-state index in [2.05, 4.69) is 6.92 Å². The maximum atomic E-state index is 12.0. The Hall–Kier alpha value is -1.89. The Balaban J connectivity index is 1.94. The Bertz CT molecular complexity index is 711. The van der Waals surface area contributed by atoms with E-state index in [9.17, 15) is 9.90 Å². The maximum Gasteiger partial charge on any atom is 0.340 e. The average molecular weight is 407 g/mol. The molecule has 2 rings (SSSR count). The van der Waals surface area contributed by atoms with Gasteiger partial charge in [0.15, 0.2) is 0 Å². The van der Waals surface area contributed by atoms with Gasteiger partial charge in [0.25, 0.3) is 0 Å². The molecule has 0 spiro atoms. The Kier molecular flexibility index (Phi) is 7.86. The van der Waals surface area contributed by atoms with Crippen LogP contribution in [-0.2, 0) is 30.3 Å². The molecule has 3 atom stereocenters. The van der Waals surface area contributed by atoms with Crippen LogP contribution in [0.1, 0.15) is 53.0 Å². The van der Waals surface area contributed by atoms with Crippen molar-refractivity contribution in [2.45, 2.75) is 71.6 Å². The van der Waals surface area contributed by atoms with E-state index in [1.165, 1.54) is 0 Å². The van der Waals surface area contributed by atoms with Gasteiger partial charge in [0.1, 0.15) is 5.76 Å².